The van der Waals surface area contributed by atoms with Crippen molar-refractivity contribution in [2.75, 3.05) is 14.2 Å². The van der Waals surface area contributed by atoms with E-state index in [2.05, 4.69) is 30.1 Å². The molecule has 1 heterocycles. The summed E-state index contributed by atoms with van der Waals surface area (Å²) in [5.74, 6) is 0.884. The highest BCUT2D eigenvalue weighted by molar-refractivity contribution is 5.78. The van der Waals surface area contributed by atoms with E-state index in [1.807, 2.05) is 12.1 Å². The lowest BCUT2D eigenvalue weighted by Crippen LogP contribution is -1.99. The highest BCUT2D eigenvalue weighted by Crippen LogP contribution is 2.36. The molecule has 2 rings (SSSR count). The Labute approximate surface area is 125 Å². The van der Waals surface area contributed by atoms with Crippen LogP contribution in [-0.4, -0.2) is 19.2 Å². The van der Waals surface area contributed by atoms with Gasteiger partial charge in [-0.3, -0.25) is 0 Å². The summed E-state index contributed by atoms with van der Waals surface area (Å²) in [4.78, 5) is 4.11. The van der Waals surface area contributed by atoms with Crippen molar-refractivity contribution in [2.24, 2.45) is 0 Å². The molecule has 4 heteroatoms. The Hall–Kier alpha value is -2.54. The Morgan fingerprint density at radius 1 is 1.24 bits per heavy atom. The summed E-state index contributed by atoms with van der Waals surface area (Å²) in [6, 6.07) is 10.3. The number of aromatic nitrogens is 1. The molecule has 0 fully saturated rings. The molecule has 0 bridgehead atoms. The zero-order valence-electron chi connectivity index (χ0n) is 12.5. The van der Waals surface area contributed by atoms with Gasteiger partial charge in [0, 0.05) is 5.56 Å². The molecule has 0 aliphatic heterocycles. The molecule has 1 aromatic carbocycles. The van der Waals surface area contributed by atoms with Gasteiger partial charge in [0.25, 0.3) is 0 Å². The molecule has 0 amide bonds. The number of hydrogen-bond donors (Lipinski definition) is 0. The predicted octanol–water partition coefficient (Wildman–Crippen LogP) is 3.59. The van der Waals surface area contributed by atoms with Gasteiger partial charge in [-0.05, 0) is 17.5 Å². The highest BCUT2D eigenvalue weighted by atomic mass is 16.5. The first-order valence-electron chi connectivity index (χ1n) is 6.85. The van der Waals surface area contributed by atoms with Gasteiger partial charge in [-0.1, -0.05) is 37.6 Å². The molecule has 108 valence electrons. The Kier molecular flexibility index (Phi) is 4.78. The van der Waals surface area contributed by atoms with E-state index in [0.717, 1.165) is 24.0 Å². The van der Waals surface area contributed by atoms with Crippen molar-refractivity contribution in [3.05, 3.63) is 41.6 Å². The fourth-order valence-corrected chi connectivity index (χ4v) is 2.35. The second-order valence-corrected chi connectivity index (χ2v) is 4.65. The van der Waals surface area contributed by atoms with E-state index in [1.54, 1.807) is 13.3 Å². The maximum Gasteiger partial charge on any atom is 0.232 e. The molecule has 0 saturated heterocycles. The molecule has 0 atom stereocenters. The quantitative estimate of drug-likeness (QED) is 0.841. The van der Waals surface area contributed by atoms with Gasteiger partial charge >= 0.3 is 0 Å². The number of nitriles is 1. The minimum atomic E-state index is 0.314. The van der Waals surface area contributed by atoms with E-state index in [4.69, 9.17) is 9.47 Å². The molecule has 0 aliphatic carbocycles. The third kappa shape index (κ3) is 2.97. The van der Waals surface area contributed by atoms with Crippen LogP contribution in [0.1, 0.15) is 24.5 Å². The number of hydrogen-bond acceptors (Lipinski definition) is 4. The van der Waals surface area contributed by atoms with Crippen molar-refractivity contribution in [1.29, 1.82) is 5.26 Å². The number of ether oxygens (including phenoxy) is 2. The minimum absolute atomic E-state index is 0.314. The molecule has 4 nitrogen and oxygen atoms in total. The molecular formula is C17H18N2O2. The van der Waals surface area contributed by atoms with Crippen LogP contribution in [0.15, 0.2) is 30.5 Å². The van der Waals surface area contributed by atoms with E-state index in [1.165, 1.54) is 12.7 Å². The van der Waals surface area contributed by atoms with Crippen LogP contribution in [0.5, 0.6) is 11.6 Å². The average molecular weight is 282 g/mol. The maximum absolute atomic E-state index is 9.46. The molecule has 2 aromatic rings. The lowest BCUT2D eigenvalue weighted by molar-refractivity contribution is 0.387. The van der Waals surface area contributed by atoms with Gasteiger partial charge in [0.05, 0.1) is 20.4 Å². The summed E-state index contributed by atoms with van der Waals surface area (Å²) in [5, 5.41) is 9.46. The zero-order valence-corrected chi connectivity index (χ0v) is 12.5. The van der Waals surface area contributed by atoms with E-state index in [0.29, 0.717) is 17.2 Å². The van der Waals surface area contributed by atoms with Crippen molar-refractivity contribution >= 4 is 0 Å². The molecule has 21 heavy (non-hydrogen) atoms. The van der Waals surface area contributed by atoms with Gasteiger partial charge < -0.3 is 9.47 Å². The summed E-state index contributed by atoms with van der Waals surface area (Å²) in [5.41, 5.74) is 3.29. The summed E-state index contributed by atoms with van der Waals surface area (Å²) >= 11 is 0. The average Bonchev–Trinajstić information content (AvgIpc) is 2.53. The van der Waals surface area contributed by atoms with Crippen molar-refractivity contribution in [3.63, 3.8) is 0 Å². The molecule has 0 N–H and O–H groups in total. The third-order valence-electron chi connectivity index (χ3n) is 3.29. The van der Waals surface area contributed by atoms with E-state index >= 15 is 0 Å². The number of pyridine rings is 1. The first-order valence-corrected chi connectivity index (χ1v) is 6.85. The number of benzene rings is 1. The Balaban J connectivity index is 2.66. The molecule has 0 unspecified atom stereocenters. The minimum Gasteiger partial charge on any atom is -0.494 e. The molecular weight excluding hydrogens is 264 g/mol. The van der Waals surface area contributed by atoms with Crippen LogP contribution in [0.3, 0.4) is 0 Å². The summed E-state index contributed by atoms with van der Waals surface area (Å²) in [6.07, 6.45) is 3.66. The van der Waals surface area contributed by atoms with Crippen molar-refractivity contribution in [2.45, 2.75) is 19.8 Å². The third-order valence-corrected chi connectivity index (χ3v) is 3.29. The fourth-order valence-electron chi connectivity index (χ4n) is 2.35. The second-order valence-electron chi connectivity index (χ2n) is 4.65. The van der Waals surface area contributed by atoms with Crippen LogP contribution in [0.2, 0.25) is 0 Å². The van der Waals surface area contributed by atoms with Crippen molar-refractivity contribution < 1.29 is 9.47 Å². The smallest absolute Gasteiger partial charge is 0.232 e. The van der Waals surface area contributed by atoms with Gasteiger partial charge in [-0.2, -0.15) is 5.26 Å². The Bertz CT molecular complexity index is 675. The largest absolute Gasteiger partial charge is 0.494 e. The van der Waals surface area contributed by atoms with Gasteiger partial charge in [-0.15, -0.1) is 0 Å². The molecule has 1 aromatic heterocycles. The SMILES string of the molecule is CCCc1cccc(-c2c(OC)cnc(OC)c2C#N)c1. The summed E-state index contributed by atoms with van der Waals surface area (Å²) < 4.78 is 10.6. The second kappa shape index (κ2) is 6.76. The molecule has 0 aliphatic rings. The lowest BCUT2D eigenvalue weighted by atomic mass is 9.97. The topological polar surface area (TPSA) is 55.1 Å². The van der Waals surface area contributed by atoms with Crippen LogP contribution in [0.4, 0.5) is 0 Å². The maximum atomic E-state index is 9.46. The van der Waals surface area contributed by atoms with E-state index in [-0.39, 0.29) is 0 Å². The number of rotatable bonds is 5. The molecule has 0 radical (unpaired) electrons. The summed E-state index contributed by atoms with van der Waals surface area (Å²) in [6.45, 7) is 2.14. The number of methoxy groups -OCH3 is 2. The van der Waals surface area contributed by atoms with Crippen LogP contribution in [-0.2, 0) is 6.42 Å². The standard InChI is InChI=1S/C17H18N2O2/c1-4-6-12-7-5-8-13(9-12)16-14(10-18)17(21-3)19-11-15(16)20-2/h5,7-9,11H,4,6H2,1-3H3. The predicted molar refractivity (Wildman–Crippen MR) is 81.5 cm³/mol. The number of aryl methyl sites for hydroxylation is 1. The van der Waals surface area contributed by atoms with E-state index < -0.39 is 0 Å². The van der Waals surface area contributed by atoms with Crippen LogP contribution in [0.25, 0.3) is 11.1 Å². The van der Waals surface area contributed by atoms with Gasteiger partial charge in [0.1, 0.15) is 17.4 Å². The monoisotopic (exact) mass is 282 g/mol. The van der Waals surface area contributed by atoms with Crippen molar-refractivity contribution in [1.82, 2.24) is 4.98 Å². The first-order chi connectivity index (χ1) is 10.2. The van der Waals surface area contributed by atoms with Gasteiger partial charge in [0.15, 0.2) is 0 Å². The zero-order chi connectivity index (χ0) is 15.2. The Morgan fingerprint density at radius 2 is 2.05 bits per heavy atom. The van der Waals surface area contributed by atoms with Crippen LogP contribution >= 0.6 is 0 Å². The number of nitrogens with zero attached hydrogens (tertiary/aromatic N) is 2. The Morgan fingerprint density at radius 3 is 2.67 bits per heavy atom. The van der Waals surface area contributed by atoms with E-state index in [9.17, 15) is 5.26 Å². The van der Waals surface area contributed by atoms with Crippen LogP contribution < -0.4 is 9.47 Å². The van der Waals surface area contributed by atoms with Gasteiger partial charge in [-0.25, -0.2) is 4.98 Å². The van der Waals surface area contributed by atoms with Gasteiger partial charge in [0.2, 0.25) is 5.88 Å². The fraction of sp³-hybridized carbons (Fsp3) is 0.294. The summed E-state index contributed by atoms with van der Waals surface area (Å²) in [7, 11) is 3.08. The highest BCUT2D eigenvalue weighted by Gasteiger charge is 2.18. The first kappa shape index (κ1) is 14.9. The molecule has 0 spiro atoms. The van der Waals surface area contributed by atoms with Crippen LogP contribution in [0, 0.1) is 11.3 Å². The lowest BCUT2D eigenvalue weighted by Gasteiger charge is -2.13. The normalized spacial score (nSPS) is 10.0. The van der Waals surface area contributed by atoms with Crippen molar-refractivity contribution in [3.8, 4) is 28.8 Å². The molecule has 0 saturated carbocycles.